The van der Waals surface area contributed by atoms with Crippen LogP contribution in [0.1, 0.15) is 67.3 Å². The Hall–Kier alpha value is -0.760. The van der Waals surface area contributed by atoms with E-state index in [4.69, 9.17) is 0 Å². The summed E-state index contributed by atoms with van der Waals surface area (Å²) in [5.41, 5.74) is 2.09. The van der Waals surface area contributed by atoms with Gasteiger partial charge in [0, 0.05) is 5.56 Å². The van der Waals surface area contributed by atoms with Crippen LogP contribution >= 0.6 is 12.6 Å². The normalized spacial score (nSPS) is 23.9. The van der Waals surface area contributed by atoms with Crippen molar-refractivity contribution >= 4 is 17.7 Å². The molecular weight excluding hydrogens is 240 g/mol. The maximum absolute atomic E-state index is 11.1. The van der Waals surface area contributed by atoms with Gasteiger partial charge in [-0.15, -0.1) is 12.6 Å². The second kappa shape index (κ2) is 6.42. The van der Waals surface area contributed by atoms with Gasteiger partial charge in [0.1, 0.15) is 0 Å². The topological polar surface area (TPSA) is 17.1 Å². The van der Waals surface area contributed by atoms with Crippen LogP contribution < -0.4 is 0 Å². The second-order valence-electron chi connectivity index (χ2n) is 5.43. The van der Waals surface area contributed by atoms with Gasteiger partial charge in [-0.1, -0.05) is 44.0 Å². The van der Waals surface area contributed by atoms with Crippen LogP contribution in [-0.2, 0) is 0 Å². The van der Waals surface area contributed by atoms with Crippen molar-refractivity contribution < 1.29 is 4.79 Å². The number of carbonyl (C=O) groups is 1. The smallest absolute Gasteiger partial charge is 0.216 e. The molecule has 0 amide bonds. The van der Waals surface area contributed by atoms with Gasteiger partial charge in [-0.25, -0.2) is 0 Å². The van der Waals surface area contributed by atoms with Crippen LogP contribution in [0.15, 0.2) is 24.3 Å². The van der Waals surface area contributed by atoms with E-state index in [2.05, 4.69) is 31.7 Å². The highest BCUT2D eigenvalue weighted by atomic mass is 32.1. The number of carbonyl (C=O) groups excluding carboxylic acids is 1. The number of rotatable bonds is 4. The molecule has 0 bridgehead atoms. The lowest BCUT2D eigenvalue weighted by atomic mass is 9.77. The van der Waals surface area contributed by atoms with Crippen molar-refractivity contribution in [3.63, 3.8) is 0 Å². The third-order valence-electron chi connectivity index (χ3n) is 4.17. The van der Waals surface area contributed by atoms with E-state index in [9.17, 15) is 4.79 Å². The van der Waals surface area contributed by atoms with Gasteiger partial charge < -0.3 is 0 Å². The van der Waals surface area contributed by atoms with Gasteiger partial charge in [-0.2, -0.15) is 0 Å². The number of thiol groups is 1. The van der Waals surface area contributed by atoms with E-state index in [1.165, 1.54) is 44.1 Å². The zero-order chi connectivity index (χ0) is 13.0. The molecule has 0 saturated heterocycles. The molecule has 0 spiro atoms. The Morgan fingerprint density at radius 2 is 1.78 bits per heavy atom. The Bertz CT molecular complexity index is 388. The molecular formula is C16H22OS. The van der Waals surface area contributed by atoms with Gasteiger partial charge in [0.2, 0.25) is 5.12 Å². The summed E-state index contributed by atoms with van der Waals surface area (Å²) in [5, 5.41) is -0.145. The lowest BCUT2D eigenvalue weighted by Gasteiger charge is -2.28. The van der Waals surface area contributed by atoms with Gasteiger partial charge in [0.15, 0.2) is 0 Å². The minimum Gasteiger partial charge on any atom is -0.282 e. The van der Waals surface area contributed by atoms with Crippen molar-refractivity contribution in [3.8, 4) is 0 Å². The fourth-order valence-corrected chi connectivity index (χ4v) is 3.24. The molecule has 1 fully saturated rings. The molecule has 0 atom stereocenters. The molecule has 0 aliphatic heterocycles. The molecule has 0 heterocycles. The molecule has 0 N–H and O–H groups in total. The Kier molecular flexibility index (Phi) is 4.87. The fourth-order valence-electron chi connectivity index (χ4n) is 3.09. The zero-order valence-corrected chi connectivity index (χ0v) is 12.0. The summed E-state index contributed by atoms with van der Waals surface area (Å²) in [4.78, 5) is 11.1. The summed E-state index contributed by atoms with van der Waals surface area (Å²) in [5.74, 6) is 1.65. The quantitative estimate of drug-likeness (QED) is 0.769. The first-order valence-electron chi connectivity index (χ1n) is 7.04. The number of hydrogen-bond donors (Lipinski definition) is 1. The summed E-state index contributed by atoms with van der Waals surface area (Å²) in [6.07, 6.45) is 8.04. The largest absolute Gasteiger partial charge is 0.282 e. The van der Waals surface area contributed by atoms with E-state index < -0.39 is 0 Å². The third kappa shape index (κ3) is 3.38. The SMILES string of the molecule is CCCC1CCC(c2ccc(C(=O)S)cc2)CC1. The maximum atomic E-state index is 11.1. The van der Waals surface area contributed by atoms with Crippen molar-refractivity contribution in [1.82, 2.24) is 0 Å². The van der Waals surface area contributed by atoms with Crippen molar-refractivity contribution in [2.75, 3.05) is 0 Å². The van der Waals surface area contributed by atoms with E-state index in [0.29, 0.717) is 11.5 Å². The Labute approximate surface area is 115 Å². The maximum Gasteiger partial charge on any atom is 0.216 e. The van der Waals surface area contributed by atoms with E-state index in [1.807, 2.05) is 12.1 Å². The van der Waals surface area contributed by atoms with Gasteiger partial charge >= 0.3 is 0 Å². The summed E-state index contributed by atoms with van der Waals surface area (Å²) in [6.45, 7) is 2.28. The molecule has 0 unspecified atom stereocenters. The van der Waals surface area contributed by atoms with Gasteiger partial charge in [0.05, 0.1) is 0 Å². The van der Waals surface area contributed by atoms with E-state index in [1.54, 1.807) is 0 Å². The Morgan fingerprint density at radius 3 is 2.28 bits per heavy atom. The van der Waals surface area contributed by atoms with Gasteiger partial charge in [-0.3, -0.25) is 4.79 Å². The monoisotopic (exact) mass is 262 g/mol. The molecule has 2 rings (SSSR count). The van der Waals surface area contributed by atoms with E-state index >= 15 is 0 Å². The van der Waals surface area contributed by atoms with Crippen molar-refractivity contribution in [2.24, 2.45) is 5.92 Å². The molecule has 1 aliphatic carbocycles. The Balaban J connectivity index is 1.95. The lowest BCUT2D eigenvalue weighted by Crippen LogP contribution is -2.13. The van der Waals surface area contributed by atoms with Gasteiger partial charge in [0.25, 0.3) is 0 Å². The van der Waals surface area contributed by atoms with Crippen LogP contribution in [0.4, 0.5) is 0 Å². The highest BCUT2D eigenvalue weighted by molar-refractivity contribution is 7.97. The molecule has 1 aliphatic rings. The van der Waals surface area contributed by atoms with Crippen LogP contribution in [0, 0.1) is 5.92 Å². The molecule has 0 aromatic heterocycles. The van der Waals surface area contributed by atoms with E-state index in [0.717, 1.165) is 5.92 Å². The standard InChI is InChI=1S/C16H22OS/c1-2-3-12-4-6-13(7-5-12)14-8-10-15(11-9-14)16(17)18/h8-13H,2-7H2,1H3,(H,17,18). The first-order valence-corrected chi connectivity index (χ1v) is 7.48. The van der Waals surface area contributed by atoms with Crippen LogP contribution in [-0.4, -0.2) is 5.12 Å². The first kappa shape index (κ1) is 13.7. The number of benzene rings is 1. The molecule has 1 nitrogen and oxygen atoms in total. The molecule has 1 saturated carbocycles. The zero-order valence-electron chi connectivity index (χ0n) is 11.1. The van der Waals surface area contributed by atoms with Crippen molar-refractivity contribution in [1.29, 1.82) is 0 Å². The first-order chi connectivity index (χ1) is 8.70. The van der Waals surface area contributed by atoms with Crippen molar-refractivity contribution in [2.45, 2.75) is 51.4 Å². The molecule has 1 aromatic rings. The minimum absolute atomic E-state index is 0.145. The van der Waals surface area contributed by atoms with Crippen LogP contribution in [0.2, 0.25) is 0 Å². The van der Waals surface area contributed by atoms with Crippen LogP contribution in [0.3, 0.4) is 0 Å². The highest BCUT2D eigenvalue weighted by Crippen LogP contribution is 2.37. The van der Waals surface area contributed by atoms with Crippen LogP contribution in [0.25, 0.3) is 0 Å². The minimum atomic E-state index is -0.145. The average molecular weight is 262 g/mol. The summed E-state index contributed by atoms with van der Waals surface area (Å²) < 4.78 is 0. The summed E-state index contributed by atoms with van der Waals surface area (Å²) >= 11 is 3.85. The average Bonchev–Trinajstić information content (AvgIpc) is 2.40. The molecule has 18 heavy (non-hydrogen) atoms. The second-order valence-corrected chi connectivity index (χ2v) is 5.84. The highest BCUT2D eigenvalue weighted by Gasteiger charge is 2.21. The van der Waals surface area contributed by atoms with Crippen LogP contribution in [0.5, 0.6) is 0 Å². The fraction of sp³-hybridized carbons (Fsp3) is 0.562. The molecule has 2 heteroatoms. The molecule has 98 valence electrons. The predicted molar refractivity (Wildman–Crippen MR) is 79.4 cm³/mol. The lowest BCUT2D eigenvalue weighted by molar-refractivity contribution is 0.109. The predicted octanol–water partition coefficient (Wildman–Crippen LogP) is 4.83. The molecule has 0 radical (unpaired) electrons. The van der Waals surface area contributed by atoms with Gasteiger partial charge in [-0.05, 0) is 43.1 Å². The third-order valence-corrected chi connectivity index (χ3v) is 4.43. The summed E-state index contributed by atoms with van der Waals surface area (Å²) in [6, 6.07) is 8.02. The number of hydrogen-bond acceptors (Lipinski definition) is 1. The summed E-state index contributed by atoms with van der Waals surface area (Å²) in [7, 11) is 0. The Morgan fingerprint density at radius 1 is 1.17 bits per heavy atom. The molecule has 1 aromatic carbocycles. The van der Waals surface area contributed by atoms with Crippen molar-refractivity contribution in [3.05, 3.63) is 35.4 Å². The van der Waals surface area contributed by atoms with E-state index in [-0.39, 0.29) is 5.12 Å².